The molecule has 0 aliphatic carbocycles. The number of hydrogen-bond donors (Lipinski definition) is 1. The molecule has 1 amide bonds. The summed E-state index contributed by atoms with van der Waals surface area (Å²) in [6.45, 7) is 4.48. The van der Waals surface area contributed by atoms with Gasteiger partial charge in [0, 0.05) is 13.0 Å². The number of nitrogens with zero attached hydrogens (tertiary/aromatic N) is 1. The van der Waals surface area contributed by atoms with Crippen LogP contribution in [0.1, 0.15) is 33.1 Å². The zero-order valence-electron chi connectivity index (χ0n) is 8.17. The summed E-state index contributed by atoms with van der Waals surface area (Å²) in [7, 11) is 0. The highest BCUT2D eigenvalue weighted by Gasteiger charge is 2.18. The monoisotopic (exact) mass is 184 g/mol. The molecule has 1 fully saturated rings. The molecule has 1 saturated heterocycles. The smallest absolute Gasteiger partial charge is 0.239 e. The Hall–Kier alpha value is -0.900. The van der Waals surface area contributed by atoms with Gasteiger partial charge in [0.25, 0.3) is 0 Å². The standard InChI is InChI=1S/C9H16N2O2/c1-3-9(12)11-10-7(2)8-5-4-6-13-8/h8H,3-6H2,1-2H3,(H,11,12)/b10-7+. The van der Waals surface area contributed by atoms with Gasteiger partial charge in [-0.1, -0.05) is 6.92 Å². The maximum absolute atomic E-state index is 10.9. The summed E-state index contributed by atoms with van der Waals surface area (Å²) in [5, 5.41) is 3.97. The predicted molar refractivity (Wildman–Crippen MR) is 50.5 cm³/mol. The maximum atomic E-state index is 10.9. The Balaban J connectivity index is 2.36. The largest absolute Gasteiger partial charge is 0.372 e. The summed E-state index contributed by atoms with van der Waals surface area (Å²) < 4.78 is 5.40. The Morgan fingerprint density at radius 3 is 3.00 bits per heavy atom. The molecule has 1 heterocycles. The fourth-order valence-electron chi connectivity index (χ4n) is 1.21. The molecule has 0 aromatic carbocycles. The van der Waals surface area contributed by atoms with E-state index in [1.807, 2.05) is 6.92 Å². The van der Waals surface area contributed by atoms with Crippen molar-refractivity contribution < 1.29 is 9.53 Å². The van der Waals surface area contributed by atoms with Crippen LogP contribution < -0.4 is 5.43 Å². The van der Waals surface area contributed by atoms with Crippen LogP contribution in [-0.4, -0.2) is 24.3 Å². The number of ether oxygens (including phenoxy) is 1. The van der Waals surface area contributed by atoms with Gasteiger partial charge in [-0.25, -0.2) is 5.43 Å². The molecule has 0 saturated carbocycles. The lowest BCUT2D eigenvalue weighted by Gasteiger charge is -2.08. The van der Waals surface area contributed by atoms with E-state index >= 15 is 0 Å². The summed E-state index contributed by atoms with van der Waals surface area (Å²) in [4.78, 5) is 10.9. The maximum Gasteiger partial charge on any atom is 0.239 e. The van der Waals surface area contributed by atoms with Crippen LogP contribution >= 0.6 is 0 Å². The van der Waals surface area contributed by atoms with Gasteiger partial charge in [0.15, 0.2) is 0 Å². The molecule has 1 N–H and O–H groups in total. The molecular formula is C9H16N2O2. The Labute approximate surface area is 78.3 Å². The highest BCUT2D eigenvalue weighted by Crippen LogP contribution is 2.12. The normalized spacial score (nSPS) is 23.2. The van der Waals surface area contributed by atoms with Crippen molar-refractivity contribution in [3.8, 4) is 0 Å². The van der Waals surface area contributed by atoms with Crippen LogP contribution in [0, 0.1) is 0 Å². The topological polar surface area (TPSA) is 50.7 Å². The van der Waals surface area contributed by atoms with Crippen molar-refractivity contribution in [2.24, 2.45) is 5.10 Å². The molecule has 0 bridgehead atoms. The number of hydrazone groups is 1. The lowest BCUT2D eigenvalue weighted by molar-refractivity contribution is -0.120. The molecule has 13 heavy (non-hydrogen) atoms. The first kappa shape index (κ1) is 10.2. The van der Waals surface area contributed by atoms with E-state index in [-0.39, 0.29) is 12.0 Å². The summed E-state index contributed by atoms with van der Waals surface area (Å²) in [5.74, 6) is -0.0580. The molecule has 1 atom stereocenters. The average Bonchev–Trinajstić information content (AvgIpc) is 2.66. The third-order valence-electron chi connectivity index (χ3n) is 2.07. The Morgan fingerprint density at radius 1 is 1.69 bits per heavy atom. The summed E-state index contributed by atoms with van der Waals surface area (Å²) in [5.41, 5.74) is 3.34. The van der Waals surface area contributed by atoms with Gasteiger partial charge in [-0.3, -0.25) is 4.79 Å². The quantitative estimate of drug-likeness (QED) is 0.527. The molecule has 0 aromatic rings. The van der Waals surface area contributed by atoms with Crippen LogP contribution in [0.4, 0.5) is 0 Å². The van der Waals surface area contributed by atoms with Gasteiger partial charge < -0.3 is 4.74 Å². The van der Waals surface area contributed by atoms with Crippen LogP contribution in [0.3, 0.4) is 0 Å². The second-order valence-electron chi connectivity index (χ2n) is 3.14. The molecule has 1 unspecified atom stereocenters. The van der Waals surface area contributed by atoms with Crippen molar-refractivity contribution in [3.63, 3.8) is 0 Å². The van der Waals surface area contributed by atoms with Crippen molar-refractivity contribution in [2.75, 3.05) is 6.61 Å². The molecule has 4 nitrogen and oxygen atoms in total. The van der Waals surface area contributed by atoms with Gasteiger partial charge in [-0.15, -0.1) is 0 Å². The second kappa shape index (κ2) is 4.97. The van der Waals surface area contributed by atoms with E-state index in [9.17, 15) is 4.79 Å². The number of carbonyl (C=O) groups is 1. The van der Waals surface area contributed by atoms with Crippen molar-refractivity contribution in [1.29, 1.82) is 0 Å². The van der Waals surface area contributed by atoms with E-state index in [1.165, 1.54) is 0 Å². The Morgan fingerprint density at radius 2 is 2.46 bits per heavy atom. The number of amides is 1. The van der Waals surface area contributed by atoms with Gasteiger partial charge in [-0.2, -0.15) is 5.10 Å². The third kappa shape index (κ3) is 3.14. The fraction of sp³-hybridized carbons (Fsp3) is 0.778. The summed E-state index contributed by atoms with van der Waals surface area (Å²) in [6, 6.07) is 0. The van der Waals surface area contributed by atoms with Gasteiger partial charge in [0.05, 0.1) is 11.8 Å². The zero-order valence-corrected chi connectivity index (χ0v) is 8.17. The highest BCUT2D eigenvalue weighted by atomic mass is 16.5. The summed E-state index contributed by atoms with van der Waals surface area (Å²) in [6.07, 6.45) is 2.66. The van der Waals surface area contributed by atoms with E-state index < -0.39 is 0 Å². The van der Waals surface area contributed by atoms with Crippen LogP contribution in [0.25, 0.3) is 0 Å². The number of carbonyl (C=O) groups excluding carboxylic acids is 1. The SMILES string of the molecule is CCC(=O)N/N=C(\C)C1CCCO1. The molecule has 0 aromatic heterocycles. The Bertz CT molecular complexity index is 208. The first-order chi connectivity index (χ1) is 6.24. The molecule has 1 aliphatic heterocycles. The van der Waals surface area contributed by atoms with Gasteiger partial charge in [-0.05, 0) is 19.8 Å². The average molecular weight is 184 g/mol. The molecule has 1 aliphatic rings. The Kier molecular flexibility index (Phi) is 3.89. The third-order valence-corrected chi connectivity index (χ3v) is 2.07. The summed E-state index contributed by atoms with van der Waals surface area (Å²) >= 11 is 0. The van der Waals surface area contributed by atoms with Gasteiger partial charge >= 0.3 is 0 Å². The van der Waals surface area contributed by atoms with E-state index in [4.69, 9.17) is 4.74 Å². The lowest BCUT2D eigenvalue weighted by Crippen LogP contribution is -2.23. The van der Waals surface area contributed by atoms with Crippen LogP contribution in [-0.2, 0) is 9.53 Å². The predicted octanol–water partition coefficient (Wildman–Crippen LogP) is 1.07. The minimum Gasteiger partial charge on any atom is -0.372 e. The molecule has 4 heteroatoms. The minimum atomic E-state index is -0.0580. The highest BCUT2D eigenvalue weighted by molar-refractivity contribution is 5.88. The van der Waals surface area contributed by atoms with Crippen LogP contribution in [0.2, 0.25) is 0 Å². The first-order valence-corrected chi connectivity index (χ1v) is 4.68. The van der Waals surface area contributed by atoms with E-state index in [0.717, 1.165) is 25.2 Å². The molecule has 74 valence electrons. The zero-order chi connectivity index (χ0) is 9.68. The molecule has 0 spiro atoms. The van der Waals surface area contributed by atoms with E-state index in [2.05, 4.69) is 10.5 Å². The fourth-order valence-corrected chi connectivity index (χ4v) is 1.21. The van der Waals surface area contributed by atoms with Crippen molar-refractivity contribution in [1.82, 2.24) is 5.43 Å². The van der Waals surface area contributed by atoms with Crippen molar-refractivity contribution >= 4 is 11.6 Å². The molecule has 1 rings (SSSR count). The minimum absolute atomic E-state index is 0.0580. The number of rotatable bonds is 3. The van der Waals surface area contributed by atoms with Gasteiger partial charge in [0.1, 0.15) is 0 Å². The molecule has 0 radical (unpaired) electrons. The van der Waals surface area contributed by atoms with Crippen molar-refractivity contribution in [3.05, 3.63) is 0 Å². The molecular weight excluding hydrogens is 168 g/mol. The van der Waals surface area contributed by atoms with E-state index in [1.54, 1.807) is 6.92 Å². The van der Waals surface area contributed by atoms with Crippen LogP contribution in [0.5, 0.6) is 0 Å². The number of nitrogens with one attached hydrogen (secondary N) is 1. The number of hydrogen-bond acceptors (Lipinski definition) is 3. The van der Waals surface area contributed by atoms with Crippen molar-refractivity contribution in [2.45, 2.75) is 39.2 Å². The van der Waals surface area contributed by atoms with Crippen LogP contribution in [0.15, 0.2) is 5.10 Å². The second-order valence-corrected chi connectivity index (χ2v) is 3.14. The first-order valence-electron chi connectivity index (χ1n) is 4.68. The van der Waals surface area contributed by atoms with Gasteiger partial charge in [0.2, 0.25) is 5.91 Å². The van der Waals surface area contributed by atoms with E-state index in [0.29, 0.717) is 6.42 Å². The lowest BCUT2D eigenvalue weighted by atomic mass is 10.2.